The molecule has 32 heavy (non-hydrogen) atoms. The second-order valence-corrected chi connectivity index (χ2v) is 7.86. The Morgan fingerprint density at radius 3 is 2.47 bits per heavy atom. The maximum absolute atomic E-state index is 12.8. The van der Waals surface area contributed by atoms with Crippen LogP contribution >= 0.6 is 0 Å². The first kappa shape index (κ1) is 25.3. The van der Waals surface area contributed by atoms with Crippen molar-refractivity contribution in [2.45, 2.75) is 56.7 Å². The van der Waals surface area contributed by atoms with E-state index in [-0.39, 0.29) is 24.9 Å². The molecule has 0 spiro atoms. The summed E-state index contributed by atoms with van der Waals surface area (Å²) in [5.74, 6) is -2.51. The van der Waals surface area contributed by atoms with Crippen molar-refractivity contribution in [1.82, 2.24) is 21.3 Å². The third-order valence-corrected chi connectivity index (χ3v) is 5.30. The number of hydrogen-bond donors (Lipinski definition) is 6. The van der Waals surface area contributed by atoms with E-state index in [1.165, 1.54) is 0 Å². The highest BCUT2D eigenvalue weighted by atomic mass is 16.4. The van der Waals surface area contributed by atoms with Gasteiger partial charge in [-0.15, -0.1) is 0 Å². The Hall–Kier alpha value is -2.98. The molecule has 1 aromatic carbocycles. The van der Waals surface area contributed by atoms with Crippen molar-refractivity contribution in [2.24, 2.45) is 5.73 Å². The first-order valence-electron chi connectivity index (χ1n) is 11.0. The number of benzene rings is 1. The van der Waals surface area contributed by atoms with Crippen molar-refractivity contribution in [3.8, 4) is 0 Å². The quantitative estimate of drug-likeness (QED) is 0.217. The minimum Gasteiger partial charge on any atom is -0.480 e. The van der Waals surface area contributed by atoms with Crippen molar-refractivity contribution in [3.63, 3.8) is 0 Å². The number of carboxylic acids is 1. The van der Waals surface area contributed by atoms with Crippen molar-refractivity contribution < 1.29 is 24.3 Å². The molecule has 10 nitrogen and oxygen atoms in total. The first-order chi connectivity index (χ1) is 15.4. The molecule has 0 aliphatic carbocycles. The number of nitrogens with one attached hydrogen (secondary N) is 4. The van der Waals surface area contributed by atoms with E-state index in [9.17, 15) is 24.3 Å². The largest absolute Gasteiger partial charge is 0.480 e. The standard InChI is InChI=1S/C22H33N5O5/c23-11-5-4-9-17(26-19(28)14-25-20(29)16-10-6-12-24-16)21(30)27-18(22(31)32)13-15-7-2-1-3-8-15/h1-3,7-8,16-18,24H,4-6,9-14,23H2,(H,25,29)(H,26,28)(H,27,30)(H,31,32). The van der Waals surface area contributed by atoms with Crippen molar-refractivity contribution in [1.29, 1.82) is 0 Å². The van der Waals surface area contributed by atoms with E-state index in [0.717, 1.165) is 24.9 Å². The summed E-state index contributed by atoms with van der Waals surface area (Å²) in [5, 5.41) is 20.3. The van der Waals surface area contributed by atoms with Crippen LogP contribution in [0.5, 0.6) is 0 Å². The second-order valence-electron chi connectivity index (χ2n) is 7.86. The van der Waals surface area contributed by atoms with Crippen LogP contribution in [-0.4, -0.2) is 66.6 Å². The molecule has 1 aliphatic heterocycles. The van der Waals surface area contributed by atoms with Crippen LogP contribution < -0.4 is 27.0 Å². The van der Waals surface area contributed by atoms with Crippen LogP contribution in [0, 0.1) is 0 Å². The van der Waals surface area contributed by atoms with Gasteiger partial charge in [0, 0.05) is 6.42 Å². The van der Waals surface area contributed by atoms with Gasteiger partial charge in [-0.1, -0.05) is 30.3 Å². The normalized spacial score (nSPS) is 17.2. The Bertz CT molecular complexity index is 767. The topological polar surface area (TPSA) is 163 Å². The van der Waals surface area contributed by atoms with E-state index in [4.69, 9.17) is 5.73 Å². The molecule has 1 fully saturated rings. The minimum absolute atomic E-state index is 0.121. The lowest BCUT2D eigenvalue weighted by atomic mass is 10.0. The molecule has 7 N–H and O–H groups in total. The lowest BCUT2D eigenvalue weighted by molar-refractivity contribution is -0.142. The number of carboxylic acid groups (broad SMARTS) is 1. The smallest absolute Gasteiger partial charge is 0.326 e. The predicted octanol–water partition coefficient (Wildman–Crippen LogP) is -0.719. The molecule has 1 aromatic rings. The Kier molecular flexibility index (Phi) is 10.6. The molecule has 3 unspecified atom stereocenters. The van der Waals surface area contributed by atoms with Gasteiger partial charge in [0.2, 0.25) is 17.7 Å². The van der Waals surface area contributed by atoms with Gasteiger partial charge in [-0.25, -0.2) is 4.79 Å². The van der Waals surface area contributed by atoms with Crippen molar-refractivity contribution in [2.75, 3.05) is 19.6 Å². The lowest BCUT2D eigenvalue weighted by Gasteiger charge is -2.22. The third-order valence-electron chi connectivity index (χ3n) is 5.30. The van der Waals surface area contributed by atoms with Crippen LogP contribution in [0.25, 0.3) is 0 Å². The molecular formula is C22H33N5O5. The van der Waals surface area contributed by atoms with Gasteiger partial charge in [0.25, 0.3) is 0 Å². The summed E-state index contributed by atoms with van der Waals surface area (Å²) in [5.41, 5.74) is 6.29. The summed E-state index contributed by atoms with van der Waals surface area (Å²) in [6, 6.07) is 6.61. The van der Waals surface area contributed by atoms with E-state index < -0.39 is 29.9 Å². The zero-order chi connectivity index (χ0) is 23.3. The molecule has 176 valence electrons. The number of nitrogens with two attached hydrogens (primary N) is 1. The zero-order valence-corrected chi connectivity index (χ0v) is 18.1. The van der Waals surface area contributed by atoms with E-state index in [2.05, 4.69) is 21.3 Å². The first-order valence-corrected chi connectivity index (χ1v) is 11.0. The van der Waals surface area contributed by atoms with Gasteiger partial charge in [-0.05, 0) is 50.8 Å². The van der Waals surface area contributed by atoms with Gasteiger partial charge in [0.1, 0.15) is 12.1 Å². The Morgan fingerprint density at radius 2 is 1.84 bits per heavy atom. The number of aliphatic carboxylic acids is 1. The van der Waals surface area contributed by atoms with E-state index in [1.54, 1.807) is 24.3 Å². The Labute approximate surface area is 187 Å². The summed E-state index contributed by atoms with van der Waals surface area (Å²) in [4.78, 5) is 48.9. The Balaban J connectivity index is 1.93. The summed E-state index contributed by atoms with van der Waals surface area (Å²) >= 11 is 0. The highest BCUT2D eigenvalue weighted by Gasteiger charge is 2.27. The summed E-state index contributed by atoms with van der Waals surface area (Å²) in [7, 11) is 0. The van der Waals surface area contributed by atoms with Crippen LogP contribution in [0.4, 0.5) is 0 Å². The third kappa shape index (κ3) is 8.64. The SMILES string of the molecule is NCCCCC(NC(=O)CNC(=O)C1CCCN1)C(=O)NC(Cc1ccccc1)C(=O)O. The van der Waals surface area contributed by atoms with Crippen LogP contribution in [0.1, 0.15) is 37.7 Å². The molecule has 3 amide bonds. The van der Waals surface area contributed by atoms with Crippen LogP contribution in [0.2, 0.25) is 0 Å². The van der Waals surface area contributed by atoms with Crippen molar-refractivity contribution in [3.05, 3.63) is 35.9 Å². The molecule has 3 atom stereocenters. The van der Waals surface area contributed by atoms with Gasteiger partial charge < -0.3 is 32.1 Å². The molecule has 0 saturated carbocycles. The van der Waals surface area contributed by atoms with E-state index in [0.29, 0.717) is 25.8 Å². The lowest BCUT2D eigenvalue weighted by Crippen LogP contribution is -2.54. The fraction of sp³-hybridized carbons (Fsp3) is 0.545. The van der Waals surface area contributed by atoms with Gasteiger partial charge in [-0.2, -0.15) is 0 Å². The fourth-order valence-electron chi connectivity index (χ4n) is 3.53. The van der Waals surface area contributed by atoms with Crippen LogP contribution in [0.15, 0.2) is 30.3 Å². The van der Waals surface area contributed by atoms with Crippen molar-refractivity contribution >= 4 is 23.7 Å². The predicted molar refractivity (Wildman–Crippen MR) is 119 cm³/mol. The number of hydrogen-bond acceptors (Lipinski definition) is 6. The number of amides is 3. The average Bonchev–Trinajstić information content (AvgIpc) is 3.32. The number of carbonyl (C=O) groups excluding carboxylic acids is 3. The number of unbranched alkanes of at least 4 members (excludes halogenated alkanes) is 1. The molecular weight excluding hydrogens is 414 g/mol. The molecule has 0 aromatic heterocycles. The summed E-state index contributed by atoms with van der Waals surface area (Å²) in [6.45, 7) is 0.948. The summed E-state index contributed by atoms with van der Waals surface area (Å²) < 4.78 is 0. The molecule has 0 bridgehead atoms. The van der Waals surface area contributed by atoms with Crippen LogP contribution in [0.3, 0.4) is 0 Å². The van der Waals surface area contributed by atoms with E-state index >= 15 is 0 Å². The molecule has 0 radical (unpaired) electrons. The number of carbonyl (C=O) groups is 4. The van der Waals surface area contributed by atoms with Gasteiger partial charge in [0.05, 0.1) is 12.6 Å². The summed E-state index contributed by atoms with van der Waals surface area (Å²) in [6.07, 6.45) is 3.30. The average molecular weight is 448 g/mol. The monoisotopic (exact) mass is 447 g/mol. The highest BCUT2D eigenvalue weighted by molar-refractivity contribution is 5.92. The zero-order valence-electron chi connectivity index (χ0n) is 18.1. The van der Waals surface area contributed by atoms with Gasteiger partial charge in [0.15, 0.2) is 0 Å². The number of rotatable bonds is 13. The highest BCUT2D eigenvalue weighted by Crippen LogP contribution is 2.07. The molecule has 1 aliphatic rings. The second kappa shape index (κ2) is 13.4. The molecule has 10 heteroatoms. The van der Waals surface area contributed by atoms with Gasteiger partial charge >= 0.3 is 5.97 Å². The van der Waals surface area contributed by atoms with E-state index in [1.807, 2.05) is 6.07 Å². The molecule has 1 heterocycles. The molecule has 2 rings (SSSR count). The maximum Gasteiger partial charge on any atom is 0.326 e. The fourth-order valence-corrected chi connectivity index (χ4v) is 3.53. The minimum atomic E-state index is -1.16. The van der Waals surface area contributed by atoms with Crippen LogP contribution in [-0.2, 0) is 25.6 Å². The Morgan fingerprint density at radius 1 is 1.09 bits per heavy atom. The molecule has 1 saturated heterocycles. The van der Waals surface area contributed by atoms with Gasteiger partial charge in [-0.3, -0.25) is 14.4 Å². The maximum atomic E-state index is 12.8.